The fourth-order valence-corrected chi connectivity index (χ4v) is 0.919. The molecule has 2 N–H and O–H groups in total. The van der Waals surface area contributed by atoms with Crippen LogP contribution in [0.1, 0.15) is 5.56 Å². The number of carbonyl (C=O) groups is 2. The highest BCUT2D eigenvalue weighted by molar-refractivity contribution is 6.29. The van der Waals surface area contributed by atoms with Crippen LogP contribution in [0.2, 0.25) is 0 Å². The van der Waals surface area contributed by atoms with E-state index in [0.717, 1.165) is 0 Å². The van der Waals surface area contributed by atoms with Crippen molar-refractivity contribution in [3.8, 4) is 0 Å². The van der Waals surface area contributed by atoms with Gasteiger partial charge in [0.25, 0.3) is 5.91 Å². The van der Waals surface area contributed by atoms with Crippen molar-refractivity contribution in [2.24, 2.45) is 0 Å². The lowest BCUT2D eigenvalue weighted by Gasteiger charge is -2.02. The molecule has 0 aliphatic heterocycles. The van der Waals surface area contributed by atoms with E-state index < -0.39 is 5.91 Å². The number of benzene rings is 1. The Labute approximate surface area is 75.2 Å². The molecule has 4 nitrogen and oxygen atoms in total. The zero-order chi connectivity index (χ0) is 9.68. The first kappa shape index (κ1) is 9.41. The Morgan fingerprint density at radius 1 is 1.54 bits per heavy atom. The molecule has 13 heavy (non-hydrogen) atoms. The molecule has 1 rings (SSSR count). The van der Waals surface area contributed by atoms with Crippen LogP contribution < -0.4 is 5.32 Å². The van der Waals surface area contributed by atoms with E-state index in [1.807, 2.05) is 0 Å². The number of amides is 1. The van der Waals surface area contributed by atoms with Gasteiger partial charge in [-0.15, -0.1) is 0 Å². The molecule has 0 saturated carbocycles. The van der Waals surface area contributed by atoms with Crippen molar-refractivity contribution >= 4 is 17.9 Å². The minimum atomic E-state index is -0.699. The number of rotatable bonds is 3. The van der Waals surface area contributed by atoms with Gasteiger partial charge in [-0.2, -0.15) is 0 Å². The third kappa shape index (κ3) is 2.68. The van der Waals surface area contributed by atoms with Gasteiger partial charge in [0.15, 0.2) is 0 Å². The summed E-state index contributed by atoms with van der Waals surface area (Å²) < 4.78 is 0. The minimum Gasteiger partial charge on any atom is -0.392 e. The minimum absolute atomic E-state index is 0.0925. The summed E-state index contributed by atoms with van der Waals surface area (Å²) in [5.41, 5.74) is 1.19. The van der Waals surface area contributed by atoms with Crippen LogP contribution in [0.15, 0.2) is 24.3 Å². The van der Waals surface area contributed by atoms with Crippen LogP contribution in [0.5, 0.6) is 0 Å². The number of carbonyl (C=O) groups excluding carboxylic acids is 2. The second-order valence-electron chi connectivity index (χ2n) is 2.47. The third-order valence-electron chi connectivity index (χ3n) is 1.48. The van der Waals surface area contributed by atoms with E-state index in [-0.39, 0.29) is 12.9 Å². The Hall–Kier alpha value is -1.68. The fraction of sp³-hybridized carbons (Fsp3) is 0.111. The van der Waals surface area contributed by atoms with E-state index in [1.165, 1.54) is 0 Å². The monoisotopic (exact) mass is 179 g/mol. The van der Waals surface area contributed by atoms with E-state index in [2.05, 4.69) is 5.32 Å². The largest absolute Gasteiger partial charge is 0.392 e. The van der Waals surface area contributed by atoms with Crippen molar-refractivity contribution < 1.29 is 14.7 Å². The molecule has 0 saturated heterocycles. The number of hydrogen-bond donors (Lipinski definition) is 2. The van der Waals surface area contributed by atoms with Crippen molar-refractivity contribution in [3.63, 3.8) is 0 Å². The van der Waals surface area contributed by atoms with Crippen LogP contribution in [0.3, 0.4) is 0 Å². The molecule has 1 amide bonds. The molecule has 4 heteroatoms. The molecule has 68 valence electrons. The highest BCUT2D eigenvalue weighted by atomic mass is 16.3. The molecule has 0 fully saturated rings. The van der Waals surface area contributed by atoms with Gasteiger partial charge in [0.05, 0.1) is 6.61 Å². The first-order chi connectivity index (χ1) is 6.26. The smallest absolute Gasteiger partial charge is 0.288 e. The Balaban J connectivity index is 2.77. The Morgan fingerprint density at radius 2 is 2.31 bits per heavy atom. The van der Waals surface area contributed by atoms with Crippen LogP contribution in [0, 0.1) is 0 Å². The first-order valence-electron chi connectivity index (χ1n) is 3.72. The van der Waals surface area contributed by atoms with E-state index in [9.17, 15) is 9.59 Å². The molecule has 0 bridgehead atoms. The van der Waals surface area contributed by atoms with Crippen LogP contribution in [0.25, 0.3) is 0 Å². The summed E-state index contributed by atoms with van der Waals surface area (Å²) in [6.07, 6.45) is 0.200. The van der Waals surface area contributed by atoms with Gasteiger partial charge >= 0.3 is 0 Å². The lowest BCUT2D eigenvalue weighted by atomic mass is 10.2. The van der Waals surface area contributed by atoms with Crippen molar-refractivity contribution in [2.45, 2.75) is 6.61 Å². The quantitative estimate of drug-likeness (QED) is 0.518. The van der Waals surface area contributed by atoms with Gasteiger partial charge in [-0.3, -0.25) is 9.59 Å². The van der Waals surface area contributed by atoms with E-state index in [0.29, 0.717) is 11.3 Å². The van der Waals surface area contributed by atoms with E-state index in [4.69, 9.17) is 5.11 Å². The van der Waals surface area contributed by atoms with Crippen LogP contribution in [-0.2, 0) is 16.2 Å². The standard InChI is InChI=1S/C9H9NO3/c11-5-7-2-1-3-8(4-7)10-9(13)6-12/h1-4,6,11H,5H2,(H,10,13). The number of hydrogen-bond acceptors (Lipinski definition) is 3. The predicted octanol–water partition coefficient (Wildman–Crippen LogP) is 0.316. The molecular formula is C9H9NO3. The molecule has 1 aromatic rings. The summed E-state index contributed by atoms with van der Waals surface area (Å²) in [7, 11) is 0. The van der Waals surface area contributed by atoms with Gasteiger partial charge in [0, 0.05) is 5.69 Å². The predicted molar refractivity (Wildman–Crippen MR) is 47.1 cm³/mol. The molecule has 0 spiro atoms. The molecule has 0 atom stereocenters. The van der Waals surface area contributed by atoms with Gasteiger partial charge in [-0.25, -0.2) is 0 Å². The van der Waals surface area contributed by atoms with Crippen molar-refractivity contribution in [1.29, 1.82) is 0 Å². The average molecular weight is 179 g/mol. The molecular weight excluding hydrogens is 170 g/mol. The van der Waals surface area contributed by atoms with Gasteiger partial charge in [-0.05, 0) is 17.7 Å². The number of aldehydes is 1. The molecule has 0 radical (unpaired) electrons. The van der Waals surface area contributed by atoms with Crippen molar-refractivity contribution in [1.82, 2.24) is 0 Å². The van der Waals surface area contributed by atoms with Crippen LogP contribution in [-0.4, -0.2) is 17.3 Å². The Bertz CT molecular complexity index is 322. The molecule has 0 heterocycles. The second-order valence-corrected chi connectivity index (χ2v) is 2.47. The number of anilines is 1. The zero-order valence-corrected chi connectivity index (χ0v) is 6.86. The SMILES string of the molecule is O=CC(=O)Nc1cccc(CO)c1. The molecule has 1 aromatic carbocycles. The average Bonchev–Trinajstić information content (AvgIpc) is 2.18. The Kier molecular flexibility index (Phi) is 3.16. The number of aliphatic hydroxyl groups excluding tert-OH is 1. The summed E-state index contributed by atoms with van der Waals surface area (Å²) >= 11 is 0. The molecule has 0 aliphatic rings. The number of aliphatic hydroxyl groups is 1. The van der Waals surface area contributed by atoms with E-state index in [1.54, 1.807) is 24.3 Å². The maximum Gasteiger partial charge on any atom is 0.288 e. The Morgan fingerprint density at radius 3 is 2.92 bits per heavy atom. The highest BCUT2D eigenvalue weighted by Gasteiger charge is 1.99. The first-order valence-corrected chi connectivity index (χ1v) is 3.72. The van der Waals surface area contributed by atoms with Gasteiger partial charge in [0.2, 0.25) is 6.29 Å². The van der Waals surface area contributed by atoms with Crippen LogP contribution in [0.4, 0.5) is 5.69 Å². The molecule has 0 aromatic heterocycles. The normalized spacial score (nSPS) is 9.31. The summed E-state index contributed by atoms with van der Waals surface area (Å²) in [4.78, 5) is 20.6. The lowest BCUT2D eigenvalue weighted by molar-refractivity contribution is -0.127. The summed E-state index contributed by atoms with van der Waals surface area (Å²) in [6, 6.07) is 6.64. The zero-order valence-electron chi connectivity index (χ0n) is 6.86. The summed E-state index contributed by atoms with van der Waals surface area (Å²) in [5, 5.41) is 11.1. The van der Waals surface area contributed by atoms with Gasteiger partial charge < -0.3 is 10.4 Å². The second kappa shape index (κ2) is 4.37. The van der Waals surface area contributed by atoms with Crippen molar-refractivity contribution in [2.75, 3.05) is 5.32 Å². The number of nitrogens with one attached hydrogen (secondary N) is 1. The molecule has 0 unspecified atom stereocenters. The van der Waals surface area contributed by atoms with Crippen LogP contribution >= 0.6 is 0 Å². The van der Waals surface area contributed by atoms with E-state index >= 15 is 0 Å². The summed E-state index contributed by atoms with van der Waals surface area (Å²) in [6.45, 7) is -0.0925. The van der Waals surface area contributed by atoms with Crippen molar-refractivity contribution in [3.05, 3.63) is 29.8 Å². The maximum atomic E-state index is 10.6. The molecule has 0 aliphatic carbocycles. The summed E-state index contributed by atoms with van der Waals surface area (Å²) in [5.74, 6) is -0.699. The van der Waals surface area contributed by atoms with Gasteiger partial charge in [0.1, 0.15) is 0 Å². The fourth-order valence-electron chi connectivity index (χ4n) is 0.919. The highest BCUT2D eigenvalue weighted by Crippen LogP contribution is 2.09. The van der Waals surface area contributed by atoms with Gasteiger partial charge in [-0.1, -0.05) is 12.1 Å². The third-order valence-corrected chi connectivity index (χ3v) is 1.48. The maximum absolute atomic E-state index is 10.6. The lowest BCUT2D eigenvalue weighted by Crippen LogP contribution is -2.12. The topological polar surface area (TPSA) is 66.4 Å².